The Hall–Kier alpha value is -1.24. The molecule has 9 heteroatoms. The highest BCUT2D eigenvalue weighted by Crippen LogP contribution is 2.29. The van der Waals surface area contributed by atoms with Gasteiger partial charge in [-0.1, -0.05) is 29.8 Å². The zero-order chi connectivity index (χ0) is 18.3. The van der Waals surface area contributed by atoms with Crippen LogP contribution in [0.2, 0.25) is 0 Å². The van der Waals surface area contributed by atoms with Gasteiger partial charge in [0, 0.05) is 35.5 Å². The topological polar surface area (TPSA) is 47.3 Å². The Bertz CT molecular complexity index is 611. The molecule has 1 saturated heterocycles. The molecule has 0 bridgehead atoms. The molecule has 132 valence electrons. The number of halogens is 4. The first-order valence-electron chi connectivity index (χ1n) is 7.30. The Morgan fingerprint density at radius 1 is 1.25 bits per heavy atom. The number of nitriles is 1. The molecule has 1 heterocycles. The summed E-state index contributed by atoms with van der Waals surface area (Å²) in [4.78, 5) is 12.7. The number of carbonyl (C=O) groups is 1. The van der Waals surface area contributed by atoms with Gasteiger partial charge in [-0.2, -0.15) is 18.4 Å². The molecular weight excluding hydrogens is 407 g/mol. The molecular formula is C15H17BrF3N3OS. The summed E-state index contributed by atoms with van der Waals surface area (Å²) < 4.78 is 39.7. The van der Waals surface area contributed by atoms with E-state index in [-0.39, 0.29) is 13.1 Å². The smallest absolute Gasteiger partial charge is 0.332 e. The van der Waals surface area contributed by atoms with Crippen LogP contribution in [-0.2, 0) is 4.79 Å². The van der Waals surface area contributed by atoms with Gasteiger partial charge in [0.25, 0.3) is 0 Å². The number of hydrogen-bond donors (Lipinski definition) is 0. The standard InChI is InChI=1S/C13H11BrF3N3OS.C2H6/c14-10-1-2-11(9(7-10)8-18)22-20-5-3-19(4-6-20)12(21)13(15,16)17;1-2/h1-2,7H,3-6H2;1-2H3. The van der Waals surface area contributed by atoms with Crippen molar-refractivity contribution in [2.24, 2.45) is 0 Å². The molecule has 1 aliphatic heterocycles. The highest BCUT2D eigenvalue weighted by molar-refractivity contribution is 9.10. The van der Waals surface area contributed by atoms with E-state index in [0.29, 0.717) is 18.7 Å². The number of alkyl halides is 3. The second-order valence-corrected chi connectivity index (χ2v) is 6.62. The maximum atomic E-state index is 12.4. The molecule has 2 rings (SSSR count). The zero-order valence-electron chi connectivity index (χ0n) is 13.2. The van der Waals surface area contributed by atoms with Crippen LogP contribution in [0.1, 0.15) is 19.4 Å². The van der Waals surface area contributed by atoms with E-state index < -0.39 is 12.1 Å². The van der Waals surface area contributed by atoms with Crippen molar-refractivity contribution in [1.82, 2.24) is 9.21 Å². The van der Waals surface area contributed by atoms with Gasteiger partial charge in [0.15, 0.2) is 0 Å². The van der Waals surface area contributed by atoms with Crippen molar-refractivity contribution in [2.45, 2.75) is 24.9 Å². The summed E-state index contributed by atoms with van der Waals surface area (Å²) in [5.41, 5.74) is 0.494. The maximum absolute atomic E-state index is 12.4. The van der Waals surface area contributed by atoms with Gasteiger partial charge >= 0.3 is 12.1 Å². The molecule has 0 unspecified atom stereocenters. The lowest BCUT2D eigenvalue weighted by molar-refractivity contribution is -0.186. The molecule has 1 aromatic carbocycles. The lowest BCUT2D eigenvalue weighted by Gasteiger charge is -2.34. The summed E-state index contributed by atoms with van der Waals surface area (Å²) >= 11 is 4.60. The molecule has 0 atom stereocenters. The average molecular weight is 424 g/mol. The van der Waals surface area contributed by atoms with E-state index in [2.05, 4.69) is 22.0 Å². The van der Waals surface area contributed by atoms with Crippen LogP contribution in [-0.4, -0.2) is 47.5 Å². The van der Waals surface area contributed by atoms with E-state index in [4.69, 9.17) is 5.26 Å². The van der Waals surface area contributed by atoms with Gasteiger partial charge < -0.3 is 4.90 Å². The molecule has 1 aromatic rings. The minimum Gasteiger partial charge on any atom is -0.332 e. The number of nitrogens with zero attached hydrogens (tertiary/aromatic N) is 3. The van der Waals surface area contributed by atoms with Crippen molar-refractivity contribution in [3.63, 3.8) is 0 Å². The summed E-state index contributed by atoms with van der Waals surface area (Å²) in [5, 5.41) is 9.10. The average Bonchev–Trinajstić information content (AvgIpc) is 2.57. The van der Waals surface area contributed by atoms with E-state index in [9.17, 15) is 18.0 Å². The summed E-state index contributed by atoms with van der Waals surface area (Å²) in [6, 6.07) is 7.34. The van der Waals surface area contributed by atoms with Crippen molar-refractivity contribution in [1.29, 1.82) is 5.26 Å². The maximum Gasteiger partial charge on any atom is 0.471 e. The second-order valence-electron chi connectivity index (χ2n) is 4.56. The Balaban J connectivity index is 0.00000139. The van der Waals surface area contributed by atoms with Crippen molar-refractivity contribution in [3.8, 4) is 6.07 Å². The lowest BCUT2D eigenvalue weighted by Crippen LogP contribution is -2.50. The van der Waals surface area contributed by atoms with Crippen LogP contribution in [0, 0.1) is 11.3 Å². The molecule has 24 heavy (non-hydrogen) atoms. The van der Waals surface area contributed by atoms with E-state index in [1.807, 2.05) is 18.2 Å². The van der Waals surface area contributed by atoms with Crippen LogP contribution in [0.5, 0.6) is 0 Å². The first-order valence-corrected chi connectivity index (χ1v) is 8.86. The molecule has 0 aromatic heterocycles. The first kappa shape index (κ1) is 20.8. The van der Waals surface area contributed by atoms with Gasteiger partial charge in [-0.05, 0) is 30.1 Å². The second kappa shape index (κ2) is 9.30. The third-order valence-corrected chi connectivity index (χ3v) is 4.73. The highest BCUT2D eigenvalue weighted by Gasteiger charge is 2.43. The zero-order valence-corrected chi connectivity index (χ0v) is 15.6. The lowest BCUT2D eigenvalue weighted by atomic mass is 10.2. The molecule has 1 aliphatic rings. The summed E-state index contributed by atoms with van der Waals surface area (Å²) in [6.45, 7) is 4.66. The number of carbonyl (C=O) groups excluding carboxylic acids is 1. The van der Waals surface area contributed by atoms with Gasteiger partial charge in [-0.3, -0.25) is 4.79 Å². The van der Waals surface area contributed by atoms with Crippen LogP contribution in [0.25, 0.3) is 0 Å². The minimum absolute atomic E-state index is 0.0176. The fourth-order valence-corrected chi connectivity index (χ4v) is 3.29. The summed E-state index contributed by atoms with van der Waals surface area (Å²) in [6.07, 6.45) is -4.82. The van der Waals surface area contributed by atoms with Gasteiger partial charge in [0.1, 0.15) is 6.07 Å². The third kappa shape index (κ3) is 5.69. The van der Waals surface area contributed by atoms with E-state index in [0.717, 1.165) is 14.3 Å². The Labute approximate surface area is 151 Å². The van der Waals surface area contributed by atoms with Crippen molar-refractivity contribution >= 4 is 33.8 Å². The number of hydrogen-bond acceptors (Lipinski definition) is 4. The summed E-state index contributed by atoms with van der Waals surface area (Å²) in [5.74, 6) is -1.79. The highest BCUT2D eigenvalue weighted by atomic mass is 79.9. The normalized spacial score (nSPS) is 15.3. The minimum atomic E-state index is -4.82. The molecule has 1 amide bonds. The molecule has 0 radical (unpaired) electrons. The quantitative estimate of drug-likeness (QED) is 0.672. The summed E-state index contributed by atoms with van der Waals surface area (Å²) in [7, 11) is 0. The van der Waals surface area contributed by atoms with Crippen molar-refractivity contribution in [3.05, 3.63) is 28.2 Å². The Kier molecular flexibility index (Phi) is 8.06. The molecule has 0 spiro atoms. The van der Waals surface area contributed by atoms with Crippen LogP contribution < -0.4 is 0 Å². The third-order valence-electron chi connectivity index (χ3n) is 3.06. The SMILES string of the molecule is CC.N#Cc1cc(Br)ccc1SN1CCN(C(=O)C(F)(F)F)CC1. The Morgan fingerprint density at radius 2 is 1.83 bits per heavy atom. The van der Waals surface area contributed by atoms with Gasteiger partial charge in [0.2, 0.25) is 0 Å². The van der Waals surface area contributed by atoms with E-state index >= 15 is 0 Å². The largest absolute Gasteiger partial charge is 0.471 e. The van der Waals surface area contributed by atoms with Gasteiger partial charge in [-0.25, -0.2) is 4.31 Å². The van der Waals surface area contributed by atoms with Crippen LogP contribution in [0.3, 0.4) is 0 Å². The van der Waals surface area contributed by atoms with E-state index in [1.54, 1.807) is 18.2 Å². The van der Waals surface area contributed by atoms with E-state index in [1.165, 1.54) is 11.9 Å². The van der Waals surface area contributed by atoms with Crippen LogP contribution in [0.4, 0.5) is 13.2 Å². The van der Waals surface area contributed by atoms with Gasteiger partial charge in [-0.15, -0.1) is 0 Å². The molecule has 1 fully saturated rings. The van der Waals surface area contributed by atoms with Crippen molar-refractivity contribution in [2.75, 3.05) is 26.2 Å². The van der Waals surface area contributed by atoms with Crippen LogP contribution in [0.15, 0.2) is 27.6 Å². The fourth-order valence-electron chi connectivity index (χ4n) is 1.97. The number of rotatable bonds is 2. The van der Waals surface area contributed by atoms with Gasteiger partial charge in [0.05, 0.1) is 5.56 Å². The molecule has 0 N–H and O–H groups in total. The molecule has 0 aliphatic carbocycles. The number of benzene rings is 1. The fraction of sp³-hybridized carbons (Fsp3) is 0.467. The molecule has 4 nitrogen and oxygen atoms in total. The molecule has 0 saturated carbocycles. The predicted molar refractivity (Wildman–Crippen MR) is 90.3 cm³/mol. The predicted octanol–water partition coefficient (Wildman–Crippen LogP) is 4.06. The monoisotopic (exact) mass is 423 g/mol. The Morgan fingerprint density at radius 3 is 2.33 bits per heavy atom. The number of piperazine rings is 1. The number of amides is 1. The first-order chi connectivity index (χ1) is 11.3. The van der Waals surface area contributed by atoms with Crippen molar-refractivity contribution < 1.29 is 18.0 Å². The van der Waals surface area contributed by atoms with Crippen LogP contribution >= 0.6 is 27.9 Å².